The molecule has 0 saturated heterocycles. The van der Waals surface area contributed by atoms with Crippen molar-refractivity contribution in [3.63, 3.8) is 0 Å². The van der Waals surface area contributed by atoms with Crippen molar-refractivity contribution in [1.29, 1.82) is 0 Å². The van der Waals surface area contributed by atoms with Gasteiger partial charge in [0.2, 0.25) is 0 Å². The molecule has 0 unspecified atom stereocenters. The van der Waals surface area contributed by atoms with Crippen molar-refractivity contribution in [1.82, 2.24) is 14.7 Å². The van der Waals surface area contributed by atoms with Gasteiger partial charge in [-0.1, -0.05) is 12.1 Å². The maximum absolute atomic E-state index is 13.0. The van der Waals surface area contributed by atoms with E-state index < -0.39 is 6.10 Å². The zero-order valence-electron chi connectivity index (χ0n) is 17.4. The van der Waals surface area contributed by atoms with Crippen LogP contribution in [0.4, 0.5) is 4.39 Å². The summed E-state index contributed by atoms with van der Waals surface area (Å²) >= 11 is 0. The van der Waals surface area contributed by atoms with Crippen molar-refractivity contribution >= 4 is 5.91 Å². The van der Waals surface area contributed by atoms with E-state index in [1.165, 1.54) is 12.1 Å². The summed E-state index contributed by atoms with van der Waals surface area (Å²) in [6.07, 6.45) is 17.6. The smallest absolute Gasteiger partial charge is 0.389 e. The molecule has 2 heterocycles. The number of hydrogen-bond donors (Lipinski definition) is 1. The number of β-amino-alcohol motifs (C(OH)–C–C–N with tert-alkyl or cyclic N) is 1. The molecule has 5 rings (SSSR count). The first kappa shape index (κ1) is 24.9. The Bertz CT molecular complexity index is 853. The van der Waals surface area contributed by atoms with Gasteiger partial charge in [-0.3, -0.25) is 9.48 Å². The van der Waals surface area contributed by atoms with Crippen LogP contribution >= 0.6 is 0 Å². The second kappa shape index (κ2) is 12.0. The van der Waals surface area contributed by atoms with E-state index in [1.54, 1.807) is 27.8 Å². The first-order valence-corrected chi connectivity index (χ1v) is 10.3. The van der Waals surface area contributed by atoms with E-state index in [0.717, 1.165) is 17.2 Å². The fourth-order valence-electron chi connectivity index (χ4n) is 3.60. The number of amides is 1. The SMILES string of the molecule is O=C1c2cc([C]3[CH][CH][CH][CH]3)nn2C[C@H](O)CN1CCc1ccc(F)cc1.[CH]1[CH][CH][CH][CH]1.[Fe+2]. The number of aliphatic hydroxyl groups is 1. The summed E-state index contributed by atoms with van der Waals surface area (Å²) in [5.41, 5.74) is 2.16. The molecule has 32 heavy (non-hydrogen) atoms. The molecule has 2 aromatic rings. The van der Waals surface area contributed by atoms with Crippen molar-refractivity contribution in [3.05, 3.63) is 117 Å². The summed E-state index contributed by atoms with van der Waals surface area (Å²) in [5.74, 6) is 0.527. The standard InChI is InChI=1S/C20H19FN3O2.C5H5.Fe/c21-16-7-5-14(6-8-16)9-10-23-12-17(25)13-24-19(20(23)26)11-18(22-24)15-3-1-2-4-15;1-2-4-5-3-1;/h1-8,11,17,25H,9-10,12-13H2;1-5H;/q;;+2/t17-;;/m1../s1. The Morgan fingerprint density at radius 3 is 2.22 bits per heavy atom. The number of carbonyl (C=O) groups excluding carboxylic acids is 1. The molecule has 2 aliphatic carbocycles. The summed E-state index contributed by atoms with van der Waals surface area (Å²) in [4.78, 5) is 14.6. The molecule has 2 saturated carbocycles. The number of aromatic nitrogens is 2. The molecular weight excluding hydrogens is 449 g/mol. The van der Waals surface area contributed by atoms with Crippen LogP contribution in [0.15, 0.2) is 30.3 Å². The number of hydrogen-bond acceptors (Lipinski definition) is 3. The molecular formula is C25H24FFeN3O2+2. The monoisotopic (exact) mass is 473 g/mol. The van der Waals surface area contributed by atoms with Gasteiger partial charge in [0.15, 0.2) is 0 Å². The van der Waals surface area contributed by atoms with Crippen LogP contribution in [0, 0.1) is 69.5 Å². The fraction of sp³-hybridized carbons (Fsp3) is 0.200. The van der Waals surface area contributed by atoms with Gasteiger partial charge in [-0.15, -0.1) is 0 Å². The molecule has 1 atom stereocenters. The molecule has 7 heteroatoms. The van der Waals surface area contributed by atoms with Gasteiger partial charge in [0, 0.05) is 19.0 Å². The second-order valence-electron chi connectivity index (χ2n) is 7.51. The zero-order chi connectivity index (χ0) is 21.6. The number of carbonyl (C=O) groups is 1. The van der Waals surface area contributed by atoms with Crippen LogP contribution in [0.1, 0.15) is 21.7 Å². The van der Waals surface area contributed by atoms with Crippen molar-refractivity contribution in [2.45, 2.75) is 19.1 Å². The van der Waals surface area contributed by atoms with Gasteiger partial charge in [-0.25, -0.2) is 4.39 Å². The summed E-state index contributed by atoms with van der Waals surface area (Å²) in [6, 6.07) is 8.03. The number of halogens is 1. The van der Waals surface area contributed by atoms with Gasteiger partial charge < -0.3 is 10.0 Å². The van der Waals surface area contributed by atoms with Crippen LogP contribution in [0.5, 0.6) is 0 Å². The molecule has 164 valence electrons. The van der Waals surface area contributed by atoms with Gasteiger partial charge in [0.25, 0.3) is 5.91 Å². The van der Waals surface area contributed by atoms with E-state index >= 15 is 0 Å². The third-order valence-electron chi connectivity index (χ3n) is 5.20. The molecule has 1 aromatic carbocycles. The Hall–Kier alpha value is -1.69. The van der Waals surface area contributed by atoms with Gasteiger partial charge in [-0.05, 0) is 88.0 Å². The number of benzene rings is 1. The number of rotatable bonds is 4. The predicted octanol–water partition coefficient (Wildman–Crippen LogP) is 2.85. The van der Waals surface area contributed by atoms with E-state index in [-0.39, 0.29) is 41.9 Å². The largest absolute Gasteiger partial charge is 2.00 e. The van der Waals surface area contributed by atoms with Gasteiger partial charge in [0.1, 0.15) is 11.5 Å². The minimum atomic E-state index is -0.680. The average molecular weight is 473 g/mol. The Labute approximate surface area is 200 Å². The third-order valence-corrected chi connectivity index (χ3v) is 5.20. The number of nitrogens with zero attached hydrogens (tertiary/aromatic N) is 3. The first-order valence-electron chi connectivity index (χ1n) is 10.3. The van der Waals surface area contributed by atoms with Crippen molar-refractivity contribution in [3.8, 4) is 0 Å². The summed E-state index contributed by atoms with van der Waals surface area (Å²) in [5, 5.41) is 14.8. The quantitative estimate of drug-likeness (QED) is 0.696. The molecule has 1 aromatic heterocycles. The van der Waals surface area contributed by atoms with Gasteiger partial charge in [0.05, 0.1) is 18.3 Å². The Morgan fingerprint density at radius 2 is 1.59 bits per heavy atom. The Balaban J connectivity index is 0.000000427. The van der Waals surface area contributed by atoms with Crippen LogP contribution in [0.25, 0.3) is 0 Å². The van der Waals surface area contributed by atoms with Crippen LogP contribution in [-0.4, -0.2) is 44.9 Å². The number of aliphatic hydroxyl groups excluding tert-OH is 1. The molecule has 0 bridgehead atoms. The molecule has 10 radical (unpaired) electrons. The maximum atomic E-state index is 13.0. The molecule has 5 nitrogen and oxygen atoms in total. The predicted molar refractivity (Wildman–Crippen MR) is 115 cm³/mol. The van der Waals surface area contributed by atoms with Gasteiger partial charge >= 0.3 is 17.1 Å². The Kier molecular flexibility index (Phi) is 9.33. The molecule has 0 spiro atoms. The molecule has 1 aliphatic heterocycles. The third kappa shape index (κ3) is 6.43. The molecule has 2 fully saturated rings. The molecule has 3 aliphatic rings. The topological polar surface area (TPSA) is 58.4 Å². The van der Waals surface area contributed by atoms with Crippen LogP contribution in [0.3, 0.4) is 0 Å². The van der Waals surface area contributed by atoms with E-state index in [1.807, 2.05) is 57.8 Å². The maximum Gasteiger partial charge on any atom is 2.00 e. The van der Waals surface area contributed by atoms with E-state index in [0.29, 0.717) is 18.7 Å². The fourth-order valence-corrected chi connectivity index (χ4v) is 3.60. The first-order chi connectivity index (χ1) is 15.1. The summed E-state index contributed by atoms with van der Waals surface area (Å²) in [6.45, 7) is 1.00. The zero-order valence-corrected chi connectivity index (χ0v) is 18.5. The van der Waals surface area contributed by atoms with E-state index in [9.17, 15) is 14.3 Å². The minimum absolute atomic E-state index is 0. The van der Waals surface area contributed by atoms with Crippen LogP contribution < -0.4 is 0 Å². The van der Waals surface area contributed by atoms with Crippen molar-refractivity contribution in [2.75, 3.05) is 13.1 Å². The average Bonchev–Trinajstić information content (AvgIpc) is 3.54. The Morgan fingerprint density at radius 1 is 0.969 bits per heavy atom. The van der Waals surface area contributed by atoms with Crippen molar-refractivity contribution < 1.29 is 31.4 Å². The van der Waals surface area contributed by atoms with Crippen LogP contribution in [-0.2, 0) is 30.0 Å². The summed E-state index contributed by atoms with van der Waals surface area (Å²) in [7, 11) is 0. The molecule has 1 amide bonds. The summed E-state index contributed by atoms with van der Waals surface area (Å²) < 4.78 is 14.6. The minimum Gasteiger partial charge on any atom is -0.389 e. The number of fused-ring (bicyclic) bond motifs is 1. The second-order valence-corrected chi connectivity index (χ2v) is 7.51. The molecule has 1 N–H and O–H groups in total. The van der Waals surface area contributed by atoms with Crippen molar-refractivity contribution in [2.24, 2.45) is 0 Å². The van der Waals surface area contributed by atoms with Crippen LogP contribution in [0.2, 0.25) is 0 Å². The normalized spacial score (nSPS) is 20.9. The van der Waals surface area contributed by atoms with E-state index in [2.05, 4.69) is 5.10 Å². The van der Waals surface area contributed by atoms with E-state index in [4.69, 9.17) is 0 Å². The van der Waals surface area contributed by atoms with Gasteiger partial charge in [-0.2, -0.15) is 5.10 Å².